The van der Waals surface area contributed by atoms with Crippen LogP contribution in [0.4, 0.5) is 17.5 Å². The van der Waals surface area contributed by atoms with Crippen LogP contribution < -0.4 is 16.4 Å². The number of hydrogen-bond donors (Lipinski definition) is 3. The first kappa shape index (κ1) is 19.1. The highest BCUT2D eigenvalue weighted by molar-refractivity contribution is 5.55. The van der Waals surface area contributed by atoms with Gasteiger partial charge in [0.15, 0.2) is 0 Å². The van der Waals surface area contributed by atoms with Crippen LogP contribution in [0.2, 0.25) is 0 Å². The summed E-state index contributed by atoms with van der Waals surface area (Å²) in [5.41, 5.74) is 7.76. The highest BCUT2D eigenvalue weighted by Crippen LogP contribution is 2.42. The van der Waals surface area contributed by atoms with E-state index < -0.39 is 0 Å². The van der Waals surface area contributed by atoms with Crippen molar-refractivity contribution in [2.45, 2.75) is 51.0 Å². The third-order valence-electron chi connectivity index (χ3n) is 5.49. The SMILES string of the molecule is NCCCNc1nc(Nc2cnn(CCN3CCCCC3)c2)ncc1C1CC1. The molecule has 28 heavy (non-hydrogen) atoms. The van der Waals surface area contributed by atoms with Crippen molar-refractivity contribution in [2.24, 2.45) is 5.73 Å². The van der Waals surface area contributed by atoms with E-state index in [9.17, 15) is 0 Å². The number of aromatic nitrogens is 4. The average Bonchev–Trinajstić information content (AvgIpc) is 3.47. The molecule has 0 aromatic carbocycles. The fourth-order valence-electron chi connectivity index (χ4n) is 3.70. The fraction of sp³-hybridized carbons (Fsp3) is 0.650. The second-order valence-electron chi connectivity index (χ2n) is 7.86. The molecule has 0 unspecified atom stereocenters. The molecule has 8 nitrogen and oxygen atoms in total. The van der Waals surface area contributed by atoms with E-state index in [0.29, 0.717) is 18.4 Å². The molecule has 4 N–H and O–H groups in total. The van der Waals surface area contributed by atoms with Crippen molar-refractivity contribution in [2.75, 3.05) is 43.4 Å². The fourth-order valence-corrected chi connectivity index (χ4v) is 3.70. The van der Waals surface area contributed by atoms with Crippen LogP contribution in [0, 0.1) is 0 Å². The number of nitrogens with one attached hydrogen (secondary N) is 2. The van der Waals surface area contributed by atoms with Gasteiger partial charge in [-0.1, -0.05) is 6.42 Å². The van der Waals surface area contributed by atoms with E-state index in [-0.39, 0.29) is 0 Å². The van der Waals surface area contributed by atoms with Gasteiger partial charge in [0.2, 0.25) is 5.95 Å². The first-order valence-corrected chi connectivity index (χ1v) is 10.6. The van der Waals surface area contributed by atoms with Crippen molar-refractivity contribution in [3.63, 3.8) is 0 Å². The van der Waals surface area contributed by atoms with Crippen LogP contribution in [0.3, 0.4) is 0 Å². The van der Waals surface area contributed by atoms with E-state index >= 15 is 0 Å². The molecule has 3 heterocycles. The van der Waals surface area contributed by atoms with Gasteiger partial charge in [-0.2, -0.15) is 10.1 Å². The second kappa shape index (κ2) is 9.34. The van der Waals surface area contributed by atoms with Crippen LogP contribution >= 0.6 is 0 Å². The summed E-state index contributed by atoms with van der Waals surface area (Å²) in [6, 6.07) is 0. The monoisotopic (exact) mass is 384 g/mol. The highest BCUT2D eigenvalue weighted by Gasteiger charge is 2.27. The van der Waals surface area contributed by atoms with E-state index in [1.165, 1.54) is 50.8 Å². The number of nitrogens with two attached hydrogens (primary N) is 1. The van der Waals surface area contributed by atoms with Gasteiger partial charge in [0.05, 0.1) is 18.4 Å². The molecule has 1 aliphatic heterocycles. The van der Waals surface area contributed by atoms with Gasteiger partial charge in [-0.15, -0.1) is 0 Å². The molecular formula is C20H32N8. The summed E-state index contributed by atoms with van der Waals surface area (Å²) in [5, 5.41) is 11.2. The molecular weight excluding hydrogens is 352 g/mol. The van der Waals surface area contributed by atoms with Gasteiger partial charge >= 0.3 is 0 Å². The standard InChI is InChI=1S/C20H32N8/c21-7-4-8-22-19-18(16-5-6-16)14-23-20(26-19)25-17-13-24-28(15-17)12-11-27-9-2-1-3-10-27/h13-16H,1-12,21H2,(H2,22,23,25,26). The lowest BCUT2D eigenvalue weighted by Gasteiger charge is -2.26. The van der Waals surface area contributed by atoms with Crippen molar-refractivity contribution in [3.8, 4) is 0 Å². The summed E-state index contributed by atoms with van der Waals surface area (Å²) in [7, 11) is 0. The Kier molecular flexibility index (Phi) is 6.38. The molecule has 0 spiro atoms. The maximum Gasteiger partial charge on any atom is 0.229 e. The maximum absolute atomic E-state index is 5.61. The Balaban J connectivity index is 1.35. The molecule has 2 aromatic rings. The van der Waals surface area contributed by atoms with Gasteiger partial charge in [-0.05, 0) is 57.7 Å². The normalized spacial score (nSPS) is 17.6. The molecule has 1 aliphatic carbocycles. The third kappa shape index (κ3) is 5.20. The molecule has 0 amide bonds. The zero-order chi connectivity index (χ0) is 19.2. The summed E-state index contributed by atoms with van der Waals surface area (Å²) in [5.74, 6) is 2.15. The van der Waals surface area contributed by atoms with E-state index in [0.717, 1.165) is 37.6 Å². The summed E-state index contributed by atoms with van der Waals surface area (Å²) >= 11 is 0. The number of hydrogen-bond acceptors (Lipinski definition) is 7. The van der Waals surface area contributed by atoms with Crippen LogP contribution in [0.15, 0.2) is 18.6 Å². The van der Waals surface area contributed by atoms with Crippen LogP contribution in [0.25, 0.3) is 0 Å². The van der Waals surface area contributed by atoms with Crippen molar-refractivity contribution < 1.29 is 0 Å². The van der Waals surface area contributed by atoms with Crippen LogP contribution in [-0.4, -0.2) is 57.4 Å². The van der Waals surface area contributed by atoms with E-state index in [1.54, 1.807) is 0 Å². The molecule has 2 fully saturated rings. The smallest absolute Gasteiger partial charge is 0.229 e. The molecule has 2 aromatic heterocycles. The Morgan fingerprint density at radius 1 is 1.11 bits per heavy atom. The Hall–Kier alpha value is -2.19. The van der Waals surface area contributed by atoms with E-state index in [2.05, 4.69) is 25.6 Å². The maximum atomic E-state index is 5.61. The molecule has 0 bridgehead atoms. The minimum Gasteiger partial charge on any atom is -0.370 e. The van der Waals surface area contributed by atoms with Gasteiger partial charge in [0.1, 0.15) is 5.82 Å². The second-order valence-corrected chi connectivity index (χ2v) is 7.86. The predicted octanol–water partition coefficient (Wildman–Crippen LogP) is 2.54. The van der Waals surface area contributed by atoms with Crippen molar-refractivity contribution in [1.82, 2.24) is 24.6 Å². The van der Waals surface area contributed by atoms with Crippen molar-refractivity contribution >= 4 is 17.5 Å². The van der Waals surface area contributed by atoms with Crippen LogP contribution in [0.5, 0.6) is 0 Å². The number of anilines is 3. The van der Waals surface area contributed by atoms with Gasteiger partial charge in [-0.25, -0.2) is 4.98 Å². The number of rotatable bonds is 10. The van der Waals surface area contributed by atoms with Crippen LogP contribution in [0.1, 0.15) is 50.0 Å². The lowest BCUT2D eigenvalue weighted by atomic mass is 10.1. The number of piperidine rings is 1. The van der Waals surface area contributed by atoms with Gasteiger partial charge in [0, 0.05) is 31.0 Å². The zero-order valence-electron chi connectivity index (χ0n) is 16.6. The average molecular weight is 385 g/mol. The molecule has 0 atom stereocenters. The minimum atomic E-state index is 0.604. The summed E-state index contributed by atoms with van der Waals surface area (Å²) in [4.78, 5) is 11.8. The predicted molar refractivity (Wildman–Crippen MR) is 112 cm³/mol. The summed E-state index contributed by atoms with van der Waals surface area (Å²) < 4.78 is 2.00. The zero-order valence-corrected chi connectivity index (χ0v) is 16.6. The quantitative estimate of drug-likeness (QED) is 0.542. The van der Waals surface area contributed by atoms with E-state index in [4.69, 9.17) is 10.7 Å². The molecule has 8 heteroatoms. The molecule has 0 radical (unpaired) electrons. The van der Waals surface area contributed by atoms with E-state index in [1.807, 2.05) is 23.3 Å². The molecule has 2 aliphatic rings. The topological polar surface area (TPSA) is 96.9 Å². The summed E-state index contributed by atoms with van der Waals surface area (Å²) in [6.45, 7) is 5.92. The van der Waals surface area contributed by atoms with Gasteiger partial charge in [-0.3, -0.25) is 4.68 Å². The Labute approximate surface area is 166 Å². The van der Waals surface area contributed by atoms with Crippen molar-refractivity contribution in [3.05, 3.63) is 24.2 Å². The van der Waals surface area contributed by atoms with Crippen molar-refractivity contribution in [1.29, 1.82) is 0 Å². The lowest BCUT2D eigenvalue weighted by Crippen LogP contribution is -2.32. The Bertz CT molecular complexity index is 748. The number of likely N-dealkylation sites (tertiary alicyclic amines) is 1. The molecule has 1 saturated carbocycles. The van der Waals surface area contributed by atoms with Gasteiger partial charge in [0.25, 0.3) is 0 Å². The molecule has 152 valence electrons. The molecule has 1 saturated heterocycles. The molecule has 4 rings (SSSR count). The highest BCUT2D eigenvalue weighted by atomic mass is 15.3. The summed E-state index contributed by atoms with van der Waals surface area (Å²) in [6.07, 6.45) is 13.2. The minimum absolute atomic E-state index is 0.604. The van der Waals surface area contributed by atoms with Crippen LogP contribution in [-0.2, 0) is 6.54 Å². The first-order chi connectivity index (χ1) is 13.8. The largest absolute Gasteiger partial charge is 0.370 e. The third-order valence-corrected chi connectivity index (χ3v) is 5.49. The Morgan fingerprint density at radius 3 is 2.75 bits per heavy atom. The number of nitrogens with zero attached hydrogens (tertiary/aromatic N) is 5. The lowest BCUT2D eigenvalue weighted by molar-refractivity contribution is 0.218. The first-order valence-electron chi connectivity index (χ1n) is 10.6. The van der Waals surface area contributed by atoms with Gasteiger partial charge < -0.3 is 21.3 Å². The Morgan fingerprint density at radius 2 is 1.96 bits per heavy atom.